The van der Waals surface area contributed by atoms with Gasteiger partial charge >= 0.3 is 0 Å². The Hall–Kier alpha value is -2.18. The van der Waals surface area contributed by atoms with E-state index < -0.39 is 0 Å². The number of hydrogen-bond acceptors (Lipinski definition) is 5. The van der Waals surface area contributed by atoms with Gasteiger partial charge in [0.2, 0.25) is 0 Å². The SMILES string of the molecule is COc1ccccc1.CSC1CCN(C(=O)COc2ccc(CO)cc2)C1. The first-order chi connectivity index (χ1) is 13.2. The molecule has 0 saturated carbocycles. The average molecular weight is 390 g/mol. The highest BCUT2D eigenvalue weighted by atomic mass is 32.2. The molecule has 2 aromatic rings. The Morgan fingerprint density at radius 2 is 1.85 bits per heavy atom. The predicted octanol–water partition coefficient (Wildman–Crippen LogP) is 3.22. The summed E-state index contributed by atoms with van der Waals surface area (Å²) in [5.41, 5.74) is 0.834. The highest BCUT2D eigenvalue weighted by molar-refractivity contribution is 7.99. The first-order valence-electron chi connectivity index (χ1n) is 8.88. The van der Waals surface area contributed by atoms with Crippen molar-refractivity contribution < 1.29 is 19.4 Å². The van der Waals surface area contributed by atoms with Crippen molar-refractivity contribution in [3.05, 3.63) is 60.2 Å². The van der Waals surface area contributed by atoms with Gasteiger partial charge in [0, 0.05) is 18.3 Å². The Morgan fingerprint density at radius 1 is 1.15 bits per heavy atom. The summed E-state index contributed by atoms with van der Waals surface area (Å²) < 4.78 is 10.4. The minimum atomic E-state index is 0.0169. The Kier molecular flexibility index (Phi) is 9.01. The van der Waals surface area contributed by atoms with Gasteiger partial charge in [-0.05, 0) is 42.5 Å². The van der Waals surface area contributed by atoms with Crippen molar-refractivity contribution in [1.82, 2.24) is 4.90 Å². The molecule has 0 radical (unpaired) electrons. The number of thioether (sulfide) groups is 1. The van der Waals surface area contributed by atoms with Gasteiger partial charge in [-0.3, -0.25) is 4.79 Å². The van der Waals surface area contributed by atoms with Gasteiger partial charge in [-0.15, -0.1) is 0 Å². The van der Waals surface area contributed by atoms with Crippen molar-refractivity contribution in [2.45, 2.75) is 18.3 Å². The molecular weight excluding hydrogens is 362 g/mol. The van der Waals surface area contributed by atoms with Crippen LogP contribution in [0.5, 0.6) is 11.5 Å². The molecular formula is C21H27NO4S. The molecule has 1 N–H and O–H groups in total. The summed E-state index contributed by atoms with van der Waals surface area (Å²) >= 11 is 1.81. The van der Waals surface area contributed by atoms with Gasteiger partial charge in [-0.25, -0.2) is 0 Å². The Labute approximate surface area is 165 Å². The number of amides is 1. The molecule has 1 saturated heterocycles. The third-order valence-corrected chi connectivity index (χ3v) is 5.33. The van der Waals surface area contributed by atoms with E-state index in [9.17, 15) is 4.79 Å². The normalized spacial score (nSPS) is 15.7. The largest absolute Gasteiger partial charge is 0.497 e. The molecule has 1 atom stereocenters. The van der Waals surface area contributed by atoms with E-state index in [1.54, 1.807) is 31.4 Å². The van der Waals surface area contributed by atoms with Gasteiger partial charge in [0.1, 0.15) is 11.5 Å². The minimum absolute atomic E-state index is 0.0169. The van der Waals surface area contributed by atoms with Crippen LogP contribution in [0.15, 0.2) is 54.6 Å². The fraction of sp³-hybridized carbons (Fsp3) is 0.381. The van der Waals surface area contributed by atoms with Gasteiger partial charge in [-0.2, -0.15) is 11.8 Å². The van der Waals surface area contributed by atoms with Crippen LogP contribution in [0.2, 0.25) is 0 Å². The number of methoxy groups -OCH3 is 1. The minimum Gasteiger partial charge on any atom is -0.497 e. The molecule has 1 unspecified atom stereocenters. The van der Waals surface area contributed by atoms with Crippen LogP contribution >= 0.6 is 11.8 Å². The van der Waals surface area contributed by atoms with Crippen molar-refractivity contribution in [3.8, 4) is 11.5 Å². The first kappa shape index (κ1) is 21.1. The lowest BCUT2D eigenvalue weighted by Gasteiger charge is -2.16. The number of hydrogen-bond donors (Lipinski definition) is 1. The van der Waals surface area contributed by atoms with E-state index in [0.717, 1.165) is 30.8 Å². The third kappa shape index (κ3) is 7.15. The van der Waals surface area contributed by atoms with Crippen molar-refractivity contribution >= 4 is 17.7 Å². The number of nitrogens with zero attached hydrogens (tertiary/aromatic N) is 1. The molecule has 0 aromatic heterocycles. The Morgan fingerprint density at radius 3 is 2.37 bits per heavy atom. The summed E-state index contributed by atoms with van der Waals surface area (Å²) in [7, 11) is 1.66. The molecule has 1 aliphatic heterocycles. The quantitative estimate of drug-likeness (QED) is 0.822. The van der Waals surface area contributed by atoms with Gasteiger partial charge < -0.3 is 19.5 Å². The van der Waals surface area contributed by atoms with Crippen LogP contribution in [0.25, 0.3) is 0 Å². The molecule has 146 valence electrons. The highest BCUT2D eigenvalue weighted by Crippen LogP contribution is 2.20. The molecule has 2 aromatic carbocycles. The van der Waals surface area contributed by atoms with Crippen LogP contribution < -0.4 is 9.47 Å². The lowest BCUT2D eigenvalue weighted by molar-refractivity contribution is -0.132. The second-order valence-corrected chi connectivity index (χ2v) is 7.23. The van der Waals surface area contributed by atoms with Gasteiger partial charge in [0.15, 0.2) is 6.61 Å². The summed E-state index contributed by atoms with van der Waals surface area (Å²) in [6, 6.07) is 16.8. The number of carbonyl (C=O) groups excluding carboxylic acids is 1. The van der Waals surface area contributed by atoms with Crippen molar-refractivity contribution in [1.29, 1.82) is 0 Å². The van der Waals surface area contributed by atoms with Gasteiger partial charge in [0.25, 0.3) is 5.91 Å². The number of ether oxygens (including phenoxy) is 2. The van der Waals surface area contributed by atoms with Crippen LogP contribution in [0.3, 0.4) is 0 Å². The second kappa shape index (κ2) is 11.5. The number of carbonyl (C=O) groups is 1. The van der Waals surface area contributed by atoms with Crippen molar-refractivity contribution in [3.63, 3.8) is 0 Å². The van der Waals surface area contributed by atoms with Crippen LogP contribution in [0.1, 0.15) is 12.0 Å². The van der Waals surface area contributed by atoms with Crippen LogP contribution in [0.4, 0.5) is 0 Å². The van der Waals surface area contributed by atoms with E-state index in [0.29, 0.717) is 11.0 Å². The molecule has 1 heterocycles. The first-order valence-corrected chi connectivity index (χ1v) is 10.2. The summed E-state index contributed by atoms with van der Waals surface area (Å²) in [5.74, 6) is 1.61. The lowest BCUT2D eigenvalue weighted by atomic mass is 10.2. The number of aliphatic hydroxyl groups excluding tert-OH is 1. The van der Waals surface area contributed by atoms with Gasteiger partial charge in [0.05, 0.1) is 13.7 Å². The smallest absolute Gasteiger partial charge is 0.260 e. The molecule has 27 heavy (non-hydrogen) atoms. The maximum Gasteiger partial charge on any atom is 0.260 e. The fourth-order valence-corrected chi connectivity index (χ4v) is 3.30. The molecule has 1 fully saturated rings. The fourth-order valence-electron chi connectivity index (χ4n) is 2.63. The molecule has 3 rings (SSSR count). The molecule has 6 heteroatoms. The zero-order valence-corrected chi connectivity index (χ0v) is 16.7. The summed E-state index contributed by atoms with van der Waals surface area (Å²) in [6.07, 6.45) is 3.15. The van der Waals surface area contributed by atoms with E-state index in [1.807, 2.05) is 47.0 Å². The van der Waals surface area contributed by atoms with Crippen molar-refractivity contribution in [2.24, 2.45) is 0 Å². The molecule has 0 aliphatic carbocycles. The monoisotopic (exact) mass is 389 g/mol. The molecule has 5 nitrogen and oxygen atoms in total. The number of aliphatic hydroxyl groups is 1. The zero-order valence-electron chi connectivity index (χ0n) is 15.8. The molecule has 0 spiro atoms. The summed E-state index contributed by atoms with van der Waals surface area (Å²) in [6.45, 7) is 1.76. The van der Waals surface area contributed by atoms with Crippen LogP contribution in [0, 0.1) is 0 Å². The van der Waals surface area contributed by atoms with Crippen molar-refractivity contribution in [2.75, 3.05) is 33.1 Å². The van der Waals surface area contributed by atoms with Crippen LogP contribution in [-0.2, 0) is 11.4 Å². The maximum absolute atomic E-state index is 12.0. The Bertz CT molecular complexity index is 678. The summed E-state index contributed by atoms with van der Waals surface area (Å²) in [4.78, 5) is 13.8. The lowest BCUT2D eigenvalue weighted by Crippen LogP contribution is -2.33. The zero-order chi connectivity index (χ0) is 19.5. The summed E-state index contributed by atoms with van der Waals surface area (Å²) in [5, 5.41) is 9.50. The van der Waals surface area contributed by atoms with E-state index in [1.165, 1.54) is 0 Å². The van der Waals surface area contributed by atoms with Gasteiger partial charge in [-0.1, -0.05) is 30.3 Å². The highest BCUT2D eigenvalue weighted by Gasteiger charge is 2.25. The Balaban J connectivity index is 0.000000273. The molecule has 1 aliphatic rings. The second-order valence-electron chi connectivity index (χ2n) is 6.09. The number of likely N-dealkylation sites (tertiary alicyclic amines) is 1. The standard InChI is InChI=1S/C14H19NO3S.C7H8O/c1-19-13-6-7-15(8-13)14(17)10-18-12-4-2-11(9-16)3-5-12;1-8-7-5-3-2-4-6-7/h2-5,13,16H,6-10H2,1H3;2-6H,1H3. The van der Waals surface area contributed by atoms with Crippen LogP contribution in [-0.4, -0.2) is 54.2 Å². The average Bonchev–Trinajstić information content (AvgIpc) is 3.23. The maximum atomic E-state index is 12.0. The predicted molar refractivity (Wildman–Crippen MR) is 109 cm³/mol. The topological polar surface area (TPSA) is 59.0 Å². The number of benzene rings is 2. The number of rotatable bonds is 6. The third-order valence-electron chi connectivity index (χ3n) is 4.28. The van der Waals surface area contributed by atoms with E-state index >= 15 is 0 Å². The number of para-hydroxylation sites is 1. The van der Waals surface area contributed by atoms with E-state index in [4.69, 9.17) is 14.6 Å². The van der Waals surface area contributed by atoms with E-state index in [-0.39, 0.29) is 19.1 Å². The molecule has 0 bridgehead atoms. The molecule has 1 amide bonds. The van der Waals surface area contributed by atoms with E-state index in [2.05, 4.69) is 6.26 Å².